The zero-order valence-corrected chi connectivity index (χ0v) is 9.33. The Morgan fingerprint density at radius 1 is 1.33 bits per heavy atom. The molecule has 0 aromatic carbocycles. The summed E-state index contributed by atoms with van der Waals surface area (Å²) in [5, 5.41) is 2.23. The molecule has 1 aromatic rings. The predicted octanol–water partition coefficient (Wildman–Crippen LogP) is 0.143. The molecule has 0 aliphatic heterocycles. The average molecular weight is 213 g/mol. The van der Waals surface area contributed by atoms with Crippen molar-refractivity contribution in [2.45, 2.75) is 39.7 Å². The van der Waals surface area contributed by atoms with E-state index >= 15 is 0 Å². The lowest BCUT2D eigenvalue weighted by molar-refractivity contribution is 0.0886. The van der Waals surface area contributed by atoms with E-state index < -0.39 is 22.8 Å². The Labute approximate surface area is 86.5 Å². The van der Waals surface area contributed by atoms with Crippen molar-refractivity contribution < 1.29 is 4.79 Å². The van der Waals surface area contributed by atoms with Crippen LogP contribution < -0.4 is 11.4 Å². The van der Waals surface area contributed by atoms with Crippen LogP contribution in [0.25, 0.3) is 0 Å². The van der Waals surface area contributed by atoms with E-state index in [9.17, 15) is 14.4 Å². The zero-order valence-electron chi connectivity index (χ0n) is 9.33. The largest absolute Gasteiger partial charge is 0.354 e. The van der Waals surface area contributed by atoms with Crippen LogP contribution in [-0.2, 0) is 5.54 Å². The summed E-state index contributed by atoms with van der Waals surface area (Å²) >= 11 is 0. The number of hydrogen-bond donors (Lipinski definition) is 1. The maximum Gasteiger partial charge on any atom is 0.354 e. The first-order valence-corrected chi connectivity index (χ1v) is 4.76. The smallest absolute Gasteiger partial charge is 0.272 e. The third-order valence-electron chi connectivity index (χ3n) is 2.02. The predicted molar refractivity (Wildman–Crippen MR) is 55.2 cm³/mol. The van der Waals surface area contributed by atoms with E-state index in [1.807, 2.05) is 0 Å². The van der Waals surface area contributed by atoms with Gasteiger partial charge in [0, 0.05) is 12.0 Å². The molecule has 0 bridgehead atoms. The van der Waals surface area contributed by atoms with E-state index in [2.05, 4.69) is 5.10 Å². The molecular weight excluding hydrogens is 198 g/mol. The number of carbonyl (C=O) groups is 1. The monoisotopic (exact) mass is 213 g/mol. The van der Waals surface area contributed by atoms with Crippen molar-refractivity contribution in [2.24, 2.45) is 0 Å². The van der Waals surface area contributed by atoms with Crippen LogP contribution in [-0.4, -0.2) is 20.3 Å². The van der Waals surface area contributed by atoms with Crippen LogP contribution in [0.5, 0.6) is 0 Å². The zero-order chi connectivity index (χ0) is 11.8. The lowest BCUT2D eigenvalue weighted by Gasteiger charge is -2.16. The van der Waals surface area contributed by atoms with Gasteiger partial charge in [0.05, 0.1) is 0 Å². The SMILES string of the molecule is CCC(=O)n1[nH]c(=O)n(C(C)(C)C)c1=O. The topological polar surface area (TPSA) is 76.9 Å². The van der Waals surface area contributed by atoms with E-state index in [1.54, 1.807) is 27.7 Å². The summed E-state index contributed by atoms with van der Waals surface area (Å²) in [6, 6.07) is 0. The van der Waals surface area contributed by atoms with E-state index in [0.29, 0.717) is 0 Å². The highest BCUT2D eigenvalue weighted by Gasteiger charge is 2.22. The molecule has 0 saturated heterocycles. The third kappa shape index (κ3) is 1.93. The lowest BCUT2D eigenvalue weighted by Crippen LogP contribution is -2.41. The Balaban J connectivity index is 3.48. The van der Waals surface area contributed by atoms with Crippen molar-refractivity contribution in [3.63, 3.8) is 0 Å². The quantitative estimate of drug-likeness (QED) is 0.721. The van der Waals surface area contributed by atoms with Crippen LogP contribution in [0.2, 0.25) is 0 Å². The summed E-state index contributed by atoms with van der Waals surface area (Å²) in [6.45, 7) is 6.81. The first-order valence-electron chi connectivity index (χ1n) is 4.76. The lowest BCUT2D eigenvalue weighted by atomic mass is 10.1. The van der Waals surface area contributed by atoms with Gasteiger partial charge in [-0.15, -0.1) is 0 Å². The summed E-state index contributed by atoms with van der Waals surface area (Å²) in [7, 11) is 0. The molecule has 0 amide bonds. The second-order valence-corrected chi connectivity index (χ2v) is 4.29. The highest BCUT2D eigenvalue weighted by molar-refractivity contribution is 5.77. The number of nitrogens with zero attached hydrogens (tertiary/aromatic N) is 2. The molecule has 15 heavy (non-hydrogen) atoms. The van der Waals surface area contributed by atoms with Crippen LogP contribution in [0, 0.1) is 0 Å². The van der Waals surface area contributed by atoms with E-state index in [4.69, 9.17) is 0 Å². The molecule has 1 aromatic heterocycles. The number of carbonyl (C=O) groups excluding carboxylic acids is 1. The Kier molecular flexibility index (Phi) is 2.70. The number of aromatic amines is 1. The van der Waals surface area contributed by atoms with Crippen LogP contribution in [0.1, 0.15) is 38.9 Å². The van der Waals surface area contributed by atoms with Crippen molar-refractivity contribution in [2.75, 3.05) is 0 Å². The average Bonchev–Trinajstić information content (AvgIpc) is 2.39. The minimum atomic E-state index is -0.635. The summed E-state index contributed by atoms with van der Waals surface area (Å²) in [4.78, 5) is 34.5. The Morgan fingerprint density at radius 2 is 1.87 bits per heavy atom. The normalized spacial score (nSPS) is 11.7. The minimum absolute atomic E-state index is 0.171. The Morgan fingerprint density at radius 3 is 2.20 bits per heavy atom. The molecule has 0 unspecified atom stereocenters. The summed E-state index contributed by atoms with van der Waals surface area (Å²) < 4.78 is 1.79. The van der Waals surface area contributed by atoms with Gasteiger partial charge in [-0.3, -0.25) is 4.79 Å². The number of nitrogens with one attached hydrogen (secondary N) is 1. The fourth-order valence-electron chi connectivity index (χ4n) is 1.30. The van der Waals surface area contributed by atoms with Crippen molar-refractivity contribution in [1.82, 2.24) is 14.3 Å². The fourth-order valence-corrected chi connectivity index (χ4v) is 1.30. The number of H-pyrrole nitrogens is 1. The van der Waals surface area contributed by atoms with Crippen LogP contribution in [0.4, 0.5) is 0 Å². The van der Waals surface area contributed by atoms with Gasteiger partial charge >= 0.3 is 11.4 Å². The molecule has 1 heterocycles. The van der Waals surface area contributed by atoms with Crippen molar-refractivity contribution in [1.29, 1.82) is 0 Å². The van der Waals surface area contributed by atoms with Crippen molar-refractivity contribution >= 4 is 5.91 Å². The number of aromatic nitrogens is 3. The van der Waals surface area contributed by atoms with Gasteiger partial charge in [-0.2, -0.15) is 4.68 Å². The first kappa shape index (κ1) is 11.5. The van der Waals surface area contributed by atoms with Gasteiger partial charge in [0.2, 0.25) is 5.91 Å². The minimum Gasteiger partial charge on any atom is -0.272 e. The second-order valence-electron chi connectivity index (χ2n) is 4.29. The second kappa shape index (κ2) is 3.52. The molecule has 0 aliphatic rings. The molecule has 6 nitrogen and oxygen atoms in total. The van der Waals surface area contributed by atoms with Gasteiger partial charge in [-0.1, -0.05) is 6.92 Å². The fraction of sp³-hybridized carbons (Fsp3) is 0.667. The van der Waals surface area contributed by atoms with Gasteiger partial charge in [-0.25, -0.2) is 19.3 Å². The molecule has 0 fully saturated rings. The molecule has 0 atom stereocenters. The third-order valence-corrected chi connectivity index (χ3v) is 2.02. The molecule has 1 rings (SSSR count). The highest BCUT2D eigenvalue weighted by Crippen LogP contribution is 2.06. The molecule has 6 heteroatoms. The van der Waals surface area contributed by atoms with Crippen LogP contribution in [0.3, 0.4) is 0 Å². The van der Waals surface area contributed by atoms with Gasteiger partial charge in [0.15, 0.2) is 0 Å². The molecule has 0 spiro atoms. The van der Waals surface area contributed by atoms with E-state index in [-0.39, 0.29) is 6.42 Å². The Hall–Kier alpha value is -1.59. The maximum absolute atomic E-state index is 11.7. The number of hydrogen-bond acceptors (Lipinski definition) is 3. The summed E-state index contributed by atoms with van der Waals surface area (Å²) in [5.74, 6) is -0.417. The van der Waals surface area contributed by atoms with Crippen LogP contribution >= 0.6 is 0 Å². The van der Waals surface area contributed by atoms with Gasteiger partial charge in [0.1, 0.15) is 0 Å². The van der Waals surface area contributed by atoms with E-state index in [1.165, 1.54) is 0 Å². The molecule has 1 N–H and O–H groups in total. The number of rotatable bonds is 1. The summed E-state index contributed by atoms with van der Waals surface area (Å²) in [5.41, 5.74) is -1.81. The van der Waals surface area contributed by atoms with Gasteiger partial charge < -0.3 is 0 Å². The molecular formula is C9H15N3O3. The summed E-state index contributed by atoms with van der Waals surface area (Å²) in [6.07, 6.45) is 0.171. The molecule has 0 radical (unpaired) electrons. The molecule has 0 aliphatic carbocycles. The van der Waals surface area contributed by atoms with Crippen molar-refractivity contribution in [3.8, 4) is 0 Å². The standard InChI is InChI=1S/C9H15N3O3/c1-5-6(13)12-8(15)11(7(14)10-12)9(2,3)4/h5H2,1-4H3,(H,10,14). The van der Waals surface area contributed by atoms with Crippen molar-refractivity contribution in [3.05, 3.63) is 21.0 Å². The highest BCUT2D eigenvalue weighted by atomic mass is 16.2. The Bertz CT molecular complexity index is 484. The van der Waals surface area contributed by atoms with Gasteiger partial charge in [0.25, 0.3) is 0 Å². The van der Waals surface area contributed by atoms with E-state index in [0.717, 1.165) is 9.25 Å². The van der Waals surface area contributed by atoms with Crippen LogP contribution in [0.15, 0.2) is 9.59 Å². The molecule has 0 saturated carbocycles. The maximum atomic E-state index is 11.7. The van der Waals surface area contributed by atoms with Gasteiger partial charge in [-0.05, 0) is 20.8 Å². The first-order chi connectivity index (χ1) is 6.79. The molecule has 84 valence electrons.